The Morgan fingerprint density at radius 1 is 0.363 bits per heavy atom. The molecule has 10 atom stereocenters. The molecule has 46 heteroatoms. The van der Waals surface area contributed by atoms with Crippen molar-refractivity contribution in [3.8, 4) is 5.75 Å². The lowest BCUT2D eigenvalue weighted by Crippen LogP contribution is -2.61. The molecule has 0 bridgehead atoms. The molecule has 45 nitrogen and oxygen atoms in total. The zero-order valence-electron chi connectivity index (χ0n) is 69.8. The fourth-order valence-corrected chi connectivity index (χ4v) is 11.5. The molecule has 0 fully saturated rings. The van der Waals surface area contributed by atoms with Crippen LogP contribution in [0, 0.1) is 22.7 Å². The first-order chi connectivity index (χ1) is 58.8. The molecule has 17 amide bonds. The van der Waals surface area contributed by atoms with E-state index < -0.39 is 238 Å². The van der Waals surface area contributed by atoms with Crippen LogP contribution < -0.4 is 112 Å². The lowest BCUT2D eigenvalue weighted by atomic mass is 10.0. The second kappa shape index (κ2) is 57.1. The van der Waals surface area contributed by atoms with Crippen molar-refractivity contribution in [2.75, 3.05) is 84.5 Å². The topological polar surface area (TPSA) is 705 Å². The number of hydrogen-bond donors (Lipinski definition) is 27. The highest BCUT2D eigenvalue weighted by molar-refractivity contribution is 7.80. The van der Waals surface area contributed by atoms with Crippen molar-refractivity contribution in [3.63, 3.8) is 0 Å². The van der Waals surface area contributed by atoms with Crippen molar-refractivity contribution in [1.82, 2.24) is 101 Å². The summed E-state index contributed by atoms with van der Waals surface area (Å²) in [6.07, 6.45) is -0.895. The Balaban J connectivity index is 1.71. The van der Waals surface area contributed by atoms with E-state index in [9.17, 15) is 102 Å². The Morgan fingerprint density at radius 3 is 1.09 bits per heavy atom. The molecule has 0 saturated heterocycles. The molecule has 0 aliphatic heterocycles. The molecule has 0 spiro atoms. The lowest BCUT2D eigenvalue weighted by Gasteiger charge is -2.28. The number of phenols is 1. The molecule has 682 valence electrons. The minimum atomic E-state index is -1.86. The Kier molecular flexibility index (Phi) is 48.3. The molecule has 0 aromatic heterocycles. The number of rotatable bonds is 56. The quantitative estimate of drug-likeness (QED) is 0.00820. The van der Waals surface area contributed by atoms with Crippen molar-refractivity contribution in [1.29, 1.82) is 10.8 Å². The number of amides is 17. The number of guanidine groups is 2. The molecule has 28 N–H and O–H groups in total. The predicted octanol–water partition coefficient (Wildman–Crippen LogP) is -8.80. The fourth-order valence-electron chi connectivity index (χ4n) is 11.4. The highest BCUT2D eigenvalue weighted by atomic mass is 32.1. The summed E-state index contributed by atoms with van der Waals surface area (Å²) in [6, 6.07) is 7.34. The molecule has 3 aromatic carbocycles. The maximum absolute atomic E-state index is 14.4. The van der Waals surface area contributed by atoms with Crippen LogP contribution in [-0.2, 0) is 110 Å². The van der Waals surface area contributed by atoms with Crippen LogP contribution in [0.5, 0.6) is 5.75 Å². The van der Waals surface area contributed by atoms with Crippen molar-refractivity contribution in [2.45, 2.75) is 160 Å². The fraction of sp³-hybridized carbons (Fsp3) is 0.513. The lowest BCUT2D eigenvalue weighted by molar-refractivity contribution is -0.143. The number of aliphatic hydroxyl groups excluding tert-OH is 2. The number of carbonyl (C=O) groups is 18. The third-order valence-electron chi connectivity index (χ3n) is 17.6. The Hall–Kier alpha value is -13.3. The van der Waals surface area contributed by atoms with Gasteiger partial charge in [-0.15, -0.1) is 0 Å². The molecule has 124 heavy (non-hydrogen) atoms. The van der Waals surface area contributed by atoms with Gasteiger partial charge in [-0.25, -0.2) is 0 Å². The monoisotopic (exact) mass is 1760 g/mol. The number of esters is 1. The maximum atomic E-state index is 14.4. The number of aromatic hydroxyl groups is 1. The van der Waals surface area contributed by atoms with Crippen molar-refractivity contribution in [2.24, 2.45) is 23.3 Å². The van der Waals surface area contributed by atoms with E-state index in [1.54, 1.807) is 88.4 Å². The number of hydrogen-bond acceptors (Lipinski definition) is 25. The molecular weight excluding hydrogens is 1640 g/mol. The van der Waals surface area contributed by atoms with E-state index in [-0.39, 0.29) is 101 Å². The van der Waals surface area contributed by atoms with Gasteiger partial charge in [0, 0.05) is 45.0 Å². The minimum absolute atomic E-state index is 0.00386. The van der Waals surface area contributed by atoms with Gasteiger partial charge < -0.3 is 133 Å². The second-order valence-corrected chi connectivity index (χ2v) is 29.6. The highest BCUT2D eigenvalue weighted by Crippen LogP contribution is 2.15. The average molecular weight is 1760 g/mol. The molecular formula is C78H117N23O22S. The summed E-state index contributed by atoms with van der Waals surface area (Å²) in [4.78, 5) is 240. The number of phenolic OH excluding ortho intramolecular Hbond substituents is 1. The van der Waals surface area contributed by atoms with E-state index in [1.165, 1.54) is 38.1 Å². The van der Waals surface area contributed by atoms with Gasteiger partial charge in [0.25, 0.3) is 0 Å². The summed E-state index contributed by atoms with van der Waals surface area (Å²) >= 11 is 3.99. The van der Waals surface area contributed by atoms with Gasteiger partial charge in [-0.3, -0.25) is 97.1 Å². The van der Waals surface area contributed by atoms with Crippen LogP contribution in [0.4, 0.5) is 0 Å². The molecule has 0 aliphatic carbocycles. The smallest absolute Gasteiger partial charge is 0.325 e. The minimum Gasteiger partial charge on any atom is -0.508 e. The summed E-state index contributed by atoms with van der Waals surface area (Å²) in [6.45, 7) is 2.55. The first-order valence-electron chi connectivity index (χ1n) is 39.7. The van der Waals surface area contributed by atoms with Crippen LogP contribution >= 0.6 is 12.6 Å². The largest absolute Gasteiger partial charge is 0.508 e. The van der Waals surface area contributed by atoms with Gasteiger partial charge in [0.2, 0.25) is 100 Å². The van der Waals surface area contributed by atoms with E-state index in [2.05, 4.69) is 114 Å². The Bertz CT molecular complexity index is 4110. The van der Waals surface area contributed by atoms with Crippen LogP contribution in [0.1, 0.15) is 96.8 Å². The Labute approximate surface area is 720 Å². The van der Waals surface area contributed by atoms with E-state index in [1.807, 2.05) is 0 Å². The number of benzene rings is 3. The summed E-state index contributed by atoms with van der Waals surface area (Å²) in [5, 5.41) is 91.9. The van der Waals surface area contributed by atoms with Gasteiger partial charge in [-0.2, -0.15) is 12.6 Å². The van der Waals surface area contributed by atoms with Gasteiger partial charge >= 0.3 is 5.97 Å². The van der Waals surface area contributed by atoms with Gasteiger partial charge in [-0.05, 0) is 86.1 Å². The third-order valence-corrected chi connectivity index (χ3v) is 17.8. The van der Waals surface area contributed by atoms with E-state index in [0.29, 0.717) is 16.7 Å². The third kappa shape index (κ3) is 43.8. The van der Waals surface area contributed by atoms with E-state index in [0.717, 1.165) is 0 Å². The van der Waals surface area contributed by atoms with Crippen LogP contribution in [0.25, 0.3) is 0 Å². The maximum Gasteiger partial charge on any atom is 0.325 e. The van der Waals surface area contributed by atoms with Crippen molar-refractivity contribution >= 4 is 131 Å². The van der Waals surface area contributed by atoms with Crippen LogP contribution in [0.2, 0.25) is 0 Å². The summed E-state index contributed by atoms with van der Waals surface area (Å²) in [5.74, 6) is -17.3. The normalized spacial score (nSPS) is 13.2. The summed E-state index contributed by atoms with van der Waals surface area (Å²) in [5.41, 5.74) is 12.5. The predicted molar refractivity (Wildman–Crippen MR) is 450 cm³/mol. The SMILES string of the molecule is CC(=O)NCC(=O)N[C@@H](C)C(=O)N[C@@H](CO)C(=O)N[C@@H](CC(C)C)C(=O)N[C@@H](CCCNC(=N)N)C(=O)N[C@@H](CCCNC(=N)N)C(=O)N[C@@H](CO)C(=O)N[C@@H](Cc1ccccc1)C(=O)NCC(=O)NCC(=O)NCC(=O)N[C@@H](Cc1ccc(O)cc1)C(=O)NCC(=O)NCC(=O)N[C@@H](Cc1ccccc1)C(=O)N[C@@H](CC(C)C)C(=O)NCC(=O)OCCS. The number of ether oxygens (including phenoxy) is 1. The van der Waals surface area contributed by atoms with E-state index >= 15 is 0 Å². The van der Waals surface area contributed by atoms with Gasteiger partial charge in [0.15, 0.2) is 11.9 Å². The molecule has 3 rings (SSSR count). The summed E-state index contributed by atoms with van der Waals surface area (Å²) < 4.78 is 4.95. The average Bonchev–Trinajstić information content (AvgIpc) is 0.848. The molecule has 0 aliphatic rings. The Morgan fingerprint density at radius 2 is 0.677 bits per heavy atom. The zero-order chi connectivity index (χ0) is 92.4. The van der Waals surface area contributed by atoms with Gasteiger partial charge in [0.1, 0.15) is 79.3 Å². The highest BCUT2D eigenvalue weighted by Gasteiger charge is 2.36. The van der Waals surface area contributed by atoms with Gasteiger partial charge in [-0.1, -0.05) is 100 Å². The van der Waals surface area contributed by atoms with Gasteiger partial charge in [0.05, 0.1) is 52.5 Å². The number of nitrogens with one attached hydrogen (secondary N) is 21. The molecule has 3 aromatic rings. The number of carbonyl (C=O) groups excluding carboxylic acids is 18. The second-order valence-electron chi connectivity index (χ2n) is 29.1. The van der Waals surface area contributed by atoms with E-state index in [4.69, 9.17) is 27.0 Å². The van der Waals surface area contributed by atoms with Crippen LogP contribution in [0.15, 0.2) is 84.9 Å². The number of nitrogens with two attached hydrogens (primary N) is 2. The van der Waals surface area contributed by atoms with Crippen LogP contribution in [0.3, 0.4) is 0 Å². The first kappa shape index (κ1) is 105. The number of thiol groups is 1. The summed E-state index contributed by atoms with van der Waals surface area (Å²) in [7, 11) is 0. The zero-order valence-corrected chi connectivity index (χ0v) is 70.7. The number of aliphatic hydroxyl groups is 2. The molecule has 0 saturated carbocycles. The first-order valence-corrected chi connectivity index (χ1v) is 40.3. The standard InChI is InChI=1S/C78H117N23O22S/c1-43(2)29-53(68(114)91-40-66(112)123-27-28-124)97-74(120)57(32-48-17-11-8-12-18-48)94-65(111)39-88-62(108)36-89-69(115)55(33-49-21-23-50(105)24-22-49)93-64(110)38-87-60(106)34-86-61(107)35-90-70(116)56(31-47-15-9-7-10-16-47)99-76(122)59(42-103)101-72(118)52(20-14-26-84-78(81)82)95-71(117)51(19-13-25-83-77(79)80)96-73(119)54(30-44(3)4)98-75(121)58(41-102)100-67(113)45(5)92-63(109)37-85-46(6)104/h7-12,15-18,21-24,43-45,51-59,102-103,105,124H,13-14,19-20,25-42H2,1-6H3,(H,85,104)(H,86,107)(H,87,106)(H,88,108)(H,89,115)(H,90,116)(H,91,114)(H,92,109)(H,93,110)(H,94,111)(H,95,117)(H,96,119)(H,97,120)(H,98,121)(H,99,122)(H,100,113)(H,101,118)(H4,79,80,83)(H4,81,82,84)/t45-,51-,52-,53-,54-,55-,56-,57-,58-,59-/m0/s1. The molecule has 0 unspecified atom stereocenters. The molecule has 0 radical (unpaired) electrons. The molecule has 0 heterocycles. The van der Waals surface area contributed by atoms with Crippen molar-refractivity contribution < 1.29 is 106 Å². The van der Waals surface area contributed by atoms with Crippen molar-refractivity contribution in [3.05, 3.63) is 102 Å². The van der Waals surface area contributed by atoms with Crippen LogP contribution in [-0.4, -0.2) is 279 Å².